The lowest BCUT2D eigenvalue weighted by Gasteiger charge is -2.04. The Morgan fingerprint density at radius 1 is 1.12 bits per heavy atom. The van der Waals surface area contributed by atoms with Crippen LogP contribution in [-0.4, -0.2) is 19.4 Å². The first kappa shape index (κ1) is 9.47. The van der Waals surface area contributed by atoms with E-state index in [1.807, 2.05) is 34.9 Å². The standard InChI is InChI=1S/C11H7BrN4/c12-10-6-8(14-7-15-10)9-2-1-3-11-13-4-5-16(9)11/h1-7H. The molecule has 0 unspecified atom stereocenters. The van der Waals surface area contributed by atoms with Gasteiger partial charge in [0.25, 0.3) is 0 Å². The van der Waals surface area contributed by atoms with Gasteiger partial charge in [-0.3, -0.25) is 4.40 Å². The van der Waals surface area contributed by atoms with Gasteiger partial charge in [0, 0.05) is 12.4 Å². The first-order chi connectivity index (χ1) is 7.84. The maximum atomic E-state index is 4.25. The third-order valence-corrected chi connectivity index (χ3v) is 2.76. The molecule has 3 rings (SSSR count). The number of imidazole rings is 1. The number of aromatic nitrogens is 4. The SMILES string of the molecule is Brc1cc(-c2cccc3nccn23)ncn1. The summed E-state index contributed by atoms with van der Waals surface area (Å²) in [6.07, 6.45) is 5.23. The fourth-order valence-corrected chi connectivity index (χ4v) is 1.94. The molecular weight excluding hydrogens is 268 g/mol. The van der Waals surface area contributed by atoms with E-state index in [4.69, 9.17) is 0 Å². The molecular formula is C11H7BrN4. The van der Waals surface area contributed by atoms with E-state index in [9.17, 15) is 0 Å². The Labute approximate surface area is 100 Å². The monoisotopic (exact) mass is 274 g/mol. The molecule has 0 amide bonds. The van der Waals surface area contributed by atoms with Crippen LogP contribution in [0.1, 0.15) is 0 Å². The highest BCUT2D eigenvalue weighted by atomic mass is 79.9. The van der Waals surface area contributed by atoms with Gasteiger partial charge in [0.2, 0.25) is 0 Å². The lowest BCUT2D eigenvalue weighted by molar-refractivity contribution is 1.10. The third-order valence-electron chi connectivity index (χ3n) is 2.32. The van der Waals surface area contributed by atoms with E-state index < -0.39 is 0 Å². The van der Waals surface area contributed by atoms with Crippen LogP contribution in [0.25, 0.3) is 17.0 Å². The van der Waals surface area contributed by atoms with Crippen LogP contribution < -0.4 is 0 Å². The van der Waals surface area contributed by atoms with E-state index in [1.54, 1.807) is 6.20 Å². The van der Waals surface area contributed by atoms with Crippen molar-refractivity contribution in [2.45, 2.75) is 0 Å². The first-order valence-corrected chi connectivity index (χ1v) is 5.54. The zero-order chi connectivity index (χ0) is 11.0. The van der Waals surface area contributed by atoms with E-state index in [1.165, 1.54) is 6.33 Å². The van der Waals surface area contributed by atoms with Crippen molar-refractivity contribution in [3.05, 3.63) is 47.6 Å². The van der Waals surface area contributed by atoms with Crippen LogP contribution in [0.4, 0.5) is 0 Å². The minimum atomic E-state index is 0.773. The minimum Gasteiger partial charge on any atom is -0.298 e. The summed E-state index contributed by atoms with van der Waals surface area (Å²) in [6.45, 7) is 0. The summed E-state index contributed by atoms with van der Waals surface area (Å²) in [5.74, 6) is 0. The lowest BCUT2D eigenvalue weighted by atomic mass is 10.2. The van der Waals surface area contributed by atoms with Gasteiger partial charge in [-0.05, 0) is 34.1 Å². The van der Waals surface area contributed by atoms with Crippen molar-refractivity contribution in [2.24, 2.45) is 0 Å². The number of pyridine rings is 1. The number of rotatable bonds is 1. The first-order valence-electron chi connectivity index (χ1n) is 4.74. The zero-order valence-electron chi connectivity index (χ0n) is 8.21. The molecule has 0 N–H and O–H groups in total. The second-order valence-corrected chi connectivity index (χ2v) is 4.10. The number of halogens is 1. The molecule has 4 nitrogen and oxygen atoms in total. The number of nitrogens with zero attached hydrogens (tertiary/aromatic N) is 4. The summed E-state index contributed by atoms with van der Waals surface area (Å²) < 4.78 is 2.77. The highest BCUT2D eigenvalue weighted by Gasteiger charge is 2.05. The average molecular weight is 275 g/mol. The lowest BCUT2D eigenvalue weighted by Crippen LogP contribution is -1.93. The smallest absolute Gasteiger partial charge is 0.137 e. The van der Waals surface area contributed by atoms with Gasteiger partial charge >= 0.3 is 0 Å². The van der Waals surface area contributed by atoms with Crippen LogP contribution in [0, 0.1) is 0 Å². The number of hydrogen-bond acceptors (Lipinski definition) is 3. The van der Waals surface area contributed by atoms with Gasteiger partial charge in [0.15, 0.2) is 0 Å². The second kappa shape index (κ2) is 3.68. The maximum Gasteiger partial charge on any atom is 0.137 e. The van der Waals surface area contributed by atoms with Crippen LogP contribution in [0.5, 0.6) is 0 Å². The summed E-state index contributed by atoms with van der Waals surface area (Å²) in [5.41, 5.74) is 2.77. The molecule has 0 saturated carbocycles. The van der Waals surface area contributed by atoms with Crippen LogP contribution in [-0.2, 0) is 0 Å². The van der Waals surface area contributed by atoms with Crippen LogP contribution >= 0.6 is 15.9 Å². The van der Waals surface area contributed by atoms with Crippen molar-refractivity contribution in [3.63, 3.8) is 0 Å². The molecule has 78 valence electrons. The molecule has 16 heavy (non-hydrogen) atoms. The van der Waals surface area contributed by atoms with E-state index in [-0.39, 0.29) is 0 Å². The van der Waals surface area contributed by atoms with Gasteiger partial charge in [0.1, 0.15) is 16.6 Å². The minimum absolute atomic E-state index is 0.773. The van der Waals surface area contributed by atoms with Gasteiger partial charge in [-0.25, -0.2) is 15.0 Å². The van der Waals surface area contributed by atoms with Crippen molar-refractivity contribution >= 4 is 21.6 Å². The molecule has 0 spiro atoms. The van der Waals surface area contributed by atoms with Crippen molar-refractivity contribution in [1.29, 1.82) is 0 Å². The molecule has 3 heterocycles. The van der Waals surface area contributed by atoms with Gasteiger partial charge in [-0.2, -0.15) is 0 Å². The molecule has 0 bridgehead atoms. The summed E-state index contributed by atoms with van der Waals surface area (Å²) in [4.78, 5) is 12.5. The zero-order valence-corrected chi connectivity index (χ0v) is 9.79. The van der Waals surface area contributed by atoms with E-state index >= 15 is 0 Å². The van der Waals surface area contributed by atoms with E-state index in [0.717, 1.165) is 21.6 Å². The summed E-state index contributed by atoms with van der Waals surface area (Å²) in [5, 5.41) is 0. The van der Waals surface area contributed by atoms with Gasteiger partial charge in [-0.15, -0.1) is 0 Å². The molecule has 0 atom stereocenters. The maximum absolute atomic E-state index is 4.25. The van der Waals surface area contributed by atoms with E-state index in [0.29, 0.717) is 0 Å². The molecule has 0 aliphatic rings. The summed E-state index contributed by atoms with van der Waals surface area (Å²) >= 11 is 3.34. The molecule has 3 aromatic heterocycles. The van der Waals surface area contributed by atoms with Gasteiger partial charge in [0.05, 0.1) is 11.4 Å². The quantitative estimate of drug-likeness (QED) is 0.641. The molecule has 5 heteroatoms. The summed E-state index contributed by atoms with van der Waals surface area (Å²) in [6, 6.07) is 7.81. The molecule has 0 aromatic carbocycles. The number of fused-ring (bicyclic) bond motifs is 1. The van der Waals surface area contributed by atoms with E-state index in [2.05, 4.69) is 30.9 Å². The fourth-order valence-electron chi connectivity index (χ4n) is 1.63. The molecule has 0 aliphatic heterocycles. The molecule has 0 saturated heterocycles. The normalized spacial score (nSPS) is 10.8. The Bertz CT molecular complexity index is 647. The van der Waals surface area contributed by atoms with Crippen molar-refractivity contribution in [2.75, 3.05) is 0 Å². The Morgan fingerprint density at radius 2 is 2.06 bits per heavy atom. The molecule has 0 radical (unpaired) electrons. The Morgan fingerprint density at radius 3 is 2.94 bits per heavy atom. The van der Waals surface area contributed by atoms with Crippen LogP contribution in [0.3, 0.4) is 0 Å². The average Bonchev–Trinajstić information content (AvgIpc) is 2.76. The van der Waals surface area contributed by atoms with Gasteiger partial charge in [-0.1, -0.05) is 6.07 Å². The molecule has 0 fully saturated rings. The van der Waals surface area contributed by atoms with Crippen molar-refractivity contribution in [3.8, 4) is 11.4 Å². The highest BCUT2D eigenvalue weighted by Crippen LogP contribution is 2.19. The summed E-state index contributed by atoms with van der Waals surface area (Å²) in [7, 11) is 0. The molecule has 3 aromatic rings. The third kappa shape index (κ3) is 1.49. The van der Waals surface area contributed by atoms with Crippen LogP contribution in [0.15, 0.2) is 47.6 Å². The molecule has 0 aliphatic carbocycles. The fraction of sp³-hybridized carbons (Fsp3) is 0. The van der Waals surface area contributed by atoms with Crippen molar-refractivity contribution in [1.82, 2.24) is 19.4 Å². The van der Waals surface area contributed by atoms with Crippen LogP contribution in [0.2, 0.25) is 0 Å². The topological polar surface area (TPSA) is 43.1 Å². The van der Waals surface area contributed by atoms with Gasteiger partial charge < -0.3 is 0 Å². The predicted molar refractivity (Wildman–Crippen MR) is 63.9 cm³/mol. The Kier molecular flexibility index (Phi) is 2.18. The predicted octanol–water partition coefficient (Wildman–Crippen LogP) is 2.55. The number of hydrogen-bond donors (Lipinski definition) is 0. The Hall–Kier alpha value is -1.75. The second-order valence-electron chi connectivity index (χ2n) is 3.29. The largest absolute Gasteiger partial charge is 0.298 e. The van der Waals surface area contributed by atoms with Crippen molar-refractivity contribution < 1.29 is 0 Å². The Balaban J connectivity index is 2.29. The highest BCUT2D eigenvalue weighted by molar-refractivity contribution is 9.10.